The second-order valence-electron chi connectivity index (χ2n) is 7.73. The Kier molecular flexibility index (Phi) is 4.52. The highest BCUT2D eigenvalue weighted by Gasteiger charge is 2.52. The summed E-state index contributed by atoms with van der Waals surface area (Å²) in [6, 6.07) is 6.04. The van der Waals surface area contributed by atoms with Crippen LogP contribution in [0, 0.1) is 5.82 Å². The molecule has 1 amide bonds. The number of aromatic nitrogens is 2. The van der Waals surface area contributed by atoms with Crippen LogP contribution in [0.4, 0.5) is 4.39 Å². The zero-order valence-electron chi connectivity index (χ0n) is 15.4. The Morgan fingerprint density at radius 2 is 2.00 bits per heavy atom. The van der Waals surface area contributed by atoms with Crippen LogP contribution in [-0.4, -0.2) is 50.8 Å². The number of benzene rings is 1. The number of amides is 1. The summed E-state index contributed by atoms with van der Waals surface area (Å²) in [6.07, 6.45) is 5.63. The number of carbonyl (C=O) groups excluding carboxylic acids is 1. The average molecular weight is 373 g/mol. The summed E-state index contributed by atoms with van der Waals surface area (Å²) in [6.45, 7) is 1.41. The molecule has 0 saturated carbocycles. The molecule has 144 valence electrons. The summed E-state index contributed by atoms with van der Waals surface area (Å²) in [5, 5.41) is 11.0. The number of hydrogen-bond donors (Lipinski definition) is 1. The maximum atomic E-state index is 13.0. The van der Waals surface area contributed by atoms with E-state index >= 15 is 0 Å². The number of likely N-dealkylation sites (tertiary alicyclic amines) is 1. The molecular formula is C20H24FN3O3. The van der Waals surface area contributed by atoms with Crippen molar-refractivity contribution < 1.29 is 19.0 Å². The van der Waals surface area contributed by atoms with Crippen molar-refractivity contribution in [1.82, 2.24) is 14.5 Å². The lowest BCUT2D eigenvalue weighted by atomic mass is 9.83. The van der Waals surface area contributed by atoms with E-state index in [9.17, 15) is 14.3 Å². The summed E-state index contributed by atoms with van der Waals surface area (Å²) < 4.78 is 20.9. The van der Waals surface area contributed by atoms with E-state index in [2.05, 4.69) is 4.98 Å². The Morgan fingerprint density at radius 1 is 1.30 bits per heavy atom. The fourth-order valence-electron chi connectivity index (χ4n) is 4.24. The number of carbonyl (C=O) groups is 1. The lowest BCUT2D eigenvalue weighted by molar-refractivity contribution is -0.135. The third-order valence-electron chi connectivity index (χ3n) is 5.77. The Labute approximate surface area is 157 Å². The topological polar surface area (TPSA) is 67.6 Å². The molecular weight excluding hydrogens is 349 g/mol. The fourth-order valence-corrected chi connectivity index (χ4v) is 4.24. The number of halogens is 1. The van der Waals surface area contributed by atoms with Crippen molar-refractivity contribution in [2.45, 2.75) is 36.9 Å². The molecule has 0 radical (unpaired) electrons. The van der Waals surface area contributed by atoms with Gasteiger partial charge in [-0.05, 0) is 30.5 Å². The molecule has 0 bridgehead atoms. The number of nitrogens with zero attached hydrogens (tertiary/aromatic N) is 3. The molecule has 3 heterocycles. The van der Waals surface area contributed by atoms with E-state index in [1.54, 1.807) is 18.3 Å². The molecule has 1 aromatic carbocycles. The standard InChI is InChI=1S/C20H24FN3O3/c1-23-11-8-22-18(23)20(26)13-19(27-14-20)6-9-24(10-7-19)17(25)12-15-2-4-16(21)5-3-15/h2-5,8,11,26H,6-7,9-10,12-14H2,1H3/t20-/m1/s1. The van der Waals surface area contributed by atoms with Gasteiger partial charge in [0, 0.05) is 39.0 Å². The molecule has 2 aliphatic rings. The monoisotopic (exact) mass is 373 g/mol. The van der Waals surface area contributed by atoms with Crippen LogP contribution < -0.4 is 0 Å². The van der Waals surface area contributed by atoms with E-state index in [0.717, 1.165) is 5.56 Å². The Hall–Kier alpha value is -2.25. The summed E-state index contributed by atoms with van der Waals surface area (Å²) in [7, 11) is 1.86. The minimum Gasteiger partial charge on any atom is -0.379 e. The van der Waals surface area contributed by atoms with E-state index in [1.165, 1.54) is 12.1 Å². The molecule has 0 unspecified atom stereocenters. The first-order chi connectivity index (χ1) is 12.9. The smallest absolute Gasteiger partial charge is 0.226 e. The first-order valence-corrected chi connectivity index (χ1v) is 9.26. The van der Waals surface area contributed by atoms with Crippen LogP contribution in [0.25, 0.3) is 0 Å². The predicted molar refractivity (Wildman–Crippen MR) is 96.3 cm³/mol. The Morgan fingerprint density at radius 3 is 2.63 bits per heavy atom. The second kappa shape index (κ2) is 6.73. The molecule has 27 heavy (non-hydrogen) atoms. The van der Waals surface area contributed by atoms with Crippen LogP contribution in [0.1, 0.15) is 30.7 Å². The summed E-state index contributed by atoms with van der Waals surface area (Å²) in [4.78, 5) is 18.7. The van der Waals surface area contributed by atoms with Crippen molar-refractivity contribution in [3.63, 3.8) is 0 Å². The molecule has 1 aromatic heterocycles. The Balaban J connectivity index is 1.37. The number of hydrogen-bond acceptors (Lipinski definition) is 4. The predicted octanol–water partition coefficient (Wildman–Crippen LogP) is 1.77. The molecule has 7 heteroatoms. The number of aliphatic hydroxyl groups is 1. The number of rotatable bonds is 3. The summed E-state index contributed by atoms with van der Waals surface area (Å²) in [5.74, 6) is 0.354. The van der Waals surface area contributed by atoms with Crippen LogP contribution in [0.15, 0.2) is 36.7 Å². The minimum absolute atomic E-state index is 0.0359. The second-order valence-corrected chi connectivity index (χ2v) is 7.73. The minimum atomic E-state index is -1.08. The van der Waals surface area contributed by atoms with E-state index in [-0.39, 0.29) is 24.8 Å². The van der Waals surface area contributed by atoms with Gasteiger partial charge in [0.1, 0.15) is 17.2 Å². The maximum Gasteiger partial charge on any atom is 0.226 e. The van der Waals surface area contributed by atoms with E-state index in [1.807, 2.05) is 22.7 Å². The van der Waals surface area contributed by atoms with Gasteiger partial charge in [-0.1, -0.05) is 12.1 Å². The summed E-state index contributed by atoms with van der Waals surface area (Å²) >= 11 is 0. The normalized spacial score (nSPS) is 24.5. The zero-order chi connectivity index (χ0) is 19.1. The van der Waals surface area contributed by atoms with Gasteiger partial charge >= 0.3 is 0 Å². The van der Waals surface area contributed by atoms with Crippen molar-refractivity contribution in [3.05, 3.63) is 53.9 Å². The fraction of sp³-hybridized carbons (Fsp3) is 0.500. The summed E-state index contributed by atoms with van der Waals surface area (Å²) in [5.41, 5.74) is -0.686. The van der Waals surface area contributed by atoms with Crippen molar-refractivity contribution in [3.8, 4) is 0 Å². The number of imidazole rings is 1. The molecule has 0 aliphatic carbocycles. The highest BCUT2D eigenvalue weighted by Crippen LogP contribution is 2.44. The quantitative estimate of drug-likeness (QED) is 0.891. The maximum absolute atomic E-state index is 13.0. The van der Waals surface area contributed by atoms with Crippen molar-refractivity contribution in [2.24, 2.45) is 7.05 Å². The van der Waals surface area contributed by atoms with Gasteiger partial charge in [0.25, 0.3) is 0 Å². The van der Waals surface area contributed by atoms with Gasteiger partial charge in [-0.15, -0.1) is 0 Å². The van der Waals surface area contributed by atoms with E-state index < -0.39 is 11.2 Å². The molecule has 1 spiro atoms. The molecule has 4 rings (SSSR count). The van der Waals surface area contributed by atoms with Crippen LogP contribution in [0.2, 0.25) is 0 Å². The third kappa shape index (κ3) is 3.49. The highest BCUT2D eigenvalue weighted by atomic mass is 19.1. The van der Waals surface area contributed by atoms with Gasteiger partial charge < -0.3 is 19.3 Å². The molecule has 1 N–H and O–H groups in total. The molecule has 2 aromatic rings. The van der Waals surface area contributed by atoms with Crippen LogP contribution >= 0.6 is 0 Å². The van der Waals surface area contributed by atoms with Crippen molar-refractivity contribution in [1.29, 1.82) is 0 Å². The largest absolute Gasteiger partial charge is 0.379 e. The van der Waals surface area contributed by atoms with Gasteiger partial charge in [0.05, 0.1) is 18.6 Å². The van der Waals surface area contributed by atoms with Gasteiger partial charge in [0.15, 0.2) is 0 Å². The van der Waals surface area contributed by atoms with Crippen molar-refractivity contribution >= 4 is 5.91 Å². The highest BCUT2D eigenvalue weighted by molar-refractivity contribution is 5.78. The SMILES string of the molecule is Cn1ccnc1[C@]1(O)COC2(CCN(C(=O)Cc3ccc(F)cc3)CC2)C1. The molecule has 1 atom stereocenters. The number of ether oxygens (including phenoxy) is 1. The van der Waals surface area contributed by atoms with Crippen LogP contribution in [0.3, 0.4) is 0 Å². The molecule has 2 saturated heterocycles. The zero-order valence-corrected chi connectivity index (χ0v) is 15.4. The lowest BCUT2D eigenvalue weighted by Crippen LogP contribution is -2.47. The van der Waals surface area contributed by atoms with Crippen LogP contribution in [0.5, 0.6) is 0 Å². The first-order valence-electron chi connectivity index (χ1n) is 9.26. The lowest BCUT2D eigenvalue weighted by Gasteiger charge is -2.39. The number of piperidine rings is 1. The van der Waals surface area contributed by atoms with Gasteiger partial charge in [-0.3, -0.25) is 4.79 Å². The third-order valence-corrected chi connectivity index (χ3v) is 5.77. The molecule has 2 aliphatic heterocycles. The van der Waals surface area contributed by atoms with Crippen molar-refractivity contribution in [2.75, 3.05) is 19.7 Å². The Bertz CT molecular complexity index is 827. The first kappa shape index (κ1) is 18.1. The van der Waals surface area contributed by atoms with Crippen LogP contribution in [-0.2, 0) is 28.6 Å². The molecule has 6 nitrogen and oxygen atoms in total. The average Bonchev–Trinajstić information content (AvgIpc) is 3.22. The van der Waals surface area contributed by atoms with Gasteiger partial charge in [-0.2, -0.15) is 0 Å². The van der Waals surface area contributed by atoms with Gasteiger partial charge in [-0.25, -0.2) is 9.37 Å². The van der Waals surface area contributed by atoms with E-state index in [4.69, 9.17) is 4.74 Å². The number of aryl methyl sites for hydroxylation is 1. The van der Waals surface area contributed by atoms with E-state index in [0.29, 0.717) is 38.2 Å². The van der Waals surface area contributed by atoms with Gasteiger partial charge in [0.2, 0.25) is 5.91 Å². The molecule has 2 fully saturated rings.